The van der Waals surface area contributed by atoms with Gasteiger partial charge in [0.25, 0.3) is 0 Å². The molecule has 0 radical (unpaired) electrons. The number of thiophene rings is 4. The SMILES string of the molecule is CCCCCCc1cc(CCCCCC)cc(C2(c3cc(CCCCCC)cc(CCCCCC)c3)c3sccc3-c3sc4c5c(sc4c32)-c2ccsc2C5(c2cc(CCCCCC)cc(CCCCCC)c2)c2cc(CCCCCC)cc(CCCCCC)c2)c1. The van der Waals surface area contributed by atoms with Crippen LogP contribution in [0.1, 0.15) is 348 Å². The number of hydrogen-bond acceptors (Lipinski definition) is 4. The Hall–Kier alpha value is -4.06. The van der Waals surface area contributed by atoms with Gasteiger partial charge in [-0.1, -0.05) is 282 Å². The molecule has 4 heteroatoms. The summed E-state index contributed by atoms with van der Waals surface area (Å²) in [5.41, 5.74) is 24.0. The lowest BCUT2D eigenvalue weighted by Gasteiger charge is -2.35. The summed E-state index contributed by atoms with van der Waals surface area (Å²) in [6.45, 7) is 19.0. The monoisotopic (exact) mass is 1300 g/mol. The van der Waals surface area contributed by atoms with E-state index in [1.54, 1.807) is 107 Å². The maximum atomic E-state index is 2.78. The Labute approximate surface area is 577 Å². The Morgan fingerprint density at radius 2 is 0.457 bits per heavy atom. The van der Waals surface area contributed by atoms with Gasteiger partial charge in [-0.25, -0.2) is 0 Å². The highest BCUT2D eigenvalue weighted by atomic mass is 32.1. The van der Waals surface area contributed by atoms with Gasteiger partial charge in [0, 0.05) is 41.8 Å². The highest BCUT2D eigenvalue weighted by Crippen LogP contribution is 2.70. The third-order valence-electron chi connectivity index (χ3n) is 21.3. The van der Waals surface area contributed by atoms with Crippen LogP contribution in [0.2, 0.25) is 0 Å². The van der Waals surface area contributed by atoms with Crippen LogP contribution in [-0.2, 0) is 62.2 Å². The molecule has 2 aliphatic carbocycles. The van der Waals surface area contributed by atoms with Crippen molar-refractivity contribution in [2.45, 2.75) is 323 Å². The topological polar surface area (TPSA) is 0 Å². The number of aryl methyl sites for hydroxylation is 8. The number of benzene rings is 4. The summed E-state index contributed by atoms with van der Waals surface area (Å²) in [5.74, 6) is 0. The van der Waals surface area contributed by atoms with Crippen molar-refractivity contribution in [2.24, 2.45) is 0 Å². The Kier molecular flexibility index (Phi) is 27.5. The van der Waals surface area contributed by atoms with Crippen LogP contribution >= 0.6 is 45.3 Å². The Morgan fingerprint density at radius 1 is 0.250 bits per heavy atom. The van der Waals surface area contributed by atoms with Gasteiger partial charge in [0.05, 0.1) is 20.2 Å². The zero-order valence-electron chi connectivity index (χ0n) is 59.2. The molecule has 0 bridgehead atoms. The van der Waals surface area contributed by atoms with E-state index in [2.05, 4.69) is 196 Å². The summed E-state index contributed by atoms with van der Waals surface area (Å²) < 4.78 is 3.14. The van der Waals surface area contributed by atoms with Crippen LogP contribution in [0.3, 0.4) is 0 Å². The predicted octanol–water partition coefficient (Wildman–Crippen LogP) is 28.8. The summed E-state index contributed by atoms with van der Waals surface area (Å²) in [6, 6.07) is 38.1. The summed E-state index contributed by atoms with van der Waals surface area (Å²) in [5, 5.41) is 4.98. The van der Waals surface area contributed by atoms with Gasteiger partial charge in [-0.15, -0.1) is 45.3 Å². The van der Waals surface area contributed by atoms with E-state index in [4.69, 9.17) is 0 Å². The molecular weight excluding hydrogens is 1190 g/mol. The van der Waals surface area contributed by atoms with Crippen LogP contribution in [0.5, 0.6) is 0 Å². The minimum atomic E-state index is -0.445. The molecule has 2 aliphatic rings. The molecule has 0 aliphatic heterocycles. The van der Waals surface area contributed by atoms with Crippen molar-refractivity contribution in [2.75, 3.05) is 0 Å². The first-order valence-electron chi connectivity index (χ1n) is 38.6. The van der Waals surface area contributed by atoms with Crippen LogP contribution in [-0.4, -0.2) is 0 Å². The quantitative estimate of drug-likeness (QED) is 0.0334. The van der Waals surface area contributed by atoms with Gasteiger partial charge >= 0.3 is 0 Å². The lowest BCUT2D eigenvalue weighted by atomic mass is 9.68. The van der Waals surface area contributed by atoms with E-state index < -0.39 is 10.8 Å². The molecule has 4 aromatic heterocycles. The molecule has 0 amide bonds. The van der Waals surface area contributed by atoms with E-state index in [-0.39, 0.29) is 0 Å². The average Bonchev–Trinajstić information content (AvgIpc) is 1.49. The fourth-order valence-corrected chi connectivity index (χ4v) is 21.9. The highest BCUT2D eigenvalue weighted by molar-refractivity contribution is 7.32. The zero-order valence-corrected chi connectivity index (χ0v) is 62.4. The van der Waals surface area contributed by atoms with Gasteiger partial charge in [0.15, 0.2) is 0 Å². The van der Waals surface area contributed by atoms with Crippen molar-refractivity contribution in [3.63, 3.8) is 0 Å². The molecule has 10 rings (SSSR count). The maximum absolute atomic E-state index is 2.78. The molecule has 4 aromatic carbocycles. The molecule has 0 saturated heterocycles. The molecule has 0 N–H and O–H groups in total. The van der Waals surface area contributed by atoms with Crippen molar-refractivity contribution in [3.05, 3.63) is 183 Å². The standard InChI is InChI=1S/C88H120S4/c1-9-17-25-33-41-65-53-66(42-34-26-18-10-2)58-73(57-65)87(74-59-67(43-35-27-19-11-3)54-68(60-74)44-36-28-20-12-4)79-81(77-49-51-89-85(77)87)91-84-80-82(92-83(79)84)78-50-52-90-86(78)88(80,75-61-69(45-37-29-21-13-5)55-70(62-75)46-38-30-22-14-6)76-63-71(47-39-31-23-15-7)56-72(64-76)48-40-32-24-16-8/h49-64H,9-48H2,1-8H3. The molecule has 0 nitrogen and oxygen atoms in total. The van der Waals surface area contributed by atoms with Gasteiger partial charge in [-0.3, -0.25) is 0 Å². The summed E-state index contributed by atoms with van der Waals surface area (Å²) in [4.78, 5) is 6.24. The number of fused-ring (bicyclic) bond motifs is 9. The van der Waals surface area contributed by atoms with E-state index in [1.165, 1.54) is 217 Å². The van der Waals surface area contributed by atoms with Crippen LogP contribution in [0, 0.1) is 0 Å². The van der Waals surface area contributed by atoms with Crippen LogP contribution in [0.25, 0.3) is 30.3 Å². The molecule has 8 aromatic rings. The molecule has 0 fully saturated rings. The number of hydrogen-bond donors (Lipinski definition) is 0. The third-order valence-corrected chi connectivity index (χ3v) is 25.9. The lowest BCUT2D eigenvalue weighted by Crippen LogP contribution is -2.29. The second-order valence-corrected chi connectivity index (χ2v) is 32.6. The van der Waals surface area contributed by atoms with E-state index >= 15 is 0 Å². The average molecular weight is 1310 g/mol. The lowest BCUT2D eigenvalue weighted by molar-refractivity contribution is 0.656. The van der Waals surface area contributed by atoms with E-state index in [0.29, 0.717) is 0 Å². The van der Waals surface area contributed by atoms with Gasteiger partial charge < -0.3 is 0 Å². The van der Waals surface area contributed by atoms with Crippen LogP contribution in [0.4, 0.5) is 0 Å². The van der Waals surface area contributed by atoms with Crippen molar-refractivity contribution in [3.8, 4) is 20.9 Å². The van der Waals surface area contributed by atoms with Crippen molar-refractivity contribution in [1.29, 1.82) is 0 Å². The second kappa shape index (κ2) is 35.8. The predicted molar refractivity (Wildman–Crippen MR) is 413 cm³/mol. The number of rotatable bonds is 44. The summed E-state index contributed by atoms with van der Waals surface area (Å²) in [6.07, 6.45) is 50.5. The van der Waals surface area contributed by atoms with E-state index in [9.17, 15) is 0 Å². The highest BCUT2D eigenvalue weighted by Gasteiger charge is 2.55. The summed E-state index contributed by atoms with van der Waals surface area (Å²) in [7, 11) is 0. The fraction of sp³-hybridized carbons (Fsp3) is 0.568. The largest absolute Gasteiger partial charge is 0.147 e. The van der Waals surface area contributed by atoms with Gasteiger partial charge in [0.1, 0.15) is 0 Å². The van der Waals surface area contributed by atoms with Crippen molar-refractivity contribution < 1.29 is 0 Å². The Bertz CT molecular complexity index is 3030. The molecule has 0 unspecified atom stereocenters. The molecule has 92 heavy (non-hydrogen) atoms. The van der Waals surface area contributed by atoms with Crippen LogP contribution < -0.4 is 0 Å². The summed E-state index contributed by atoms with van der Waals surface area (Å²) >= 11 is 8.57. The van der Waals surface area contributed by atoms with Crippen molar-refractivity contribution >= 4 is 54.7 Å². The number of unbranched alkanes of at least 4 members (excludes halogenated alkanes) is 24. The smallest absolute Gasteiger partial charge is 0.0829 e. The maximum Gasteiger partial charge on any atom is 0.0829 e. The molecular formula is C88H120S4. The zero-order chi connectivity index (χ0) is 64.1. The van der Waals surface area contributed by atoms with Gasteiger partial charge in [-0.05, 0) is 192 Å². The minimum Gasteiger partial charge on any atom is -0.147 e. The van der Waals surface area contributed by atoms with Crippen molar-refractivity contribution in [1.82, 2.24) is 0 Å². The molecule has 0 atom stereocenters. The first-order chi connectivity index (χ1) is 45.3. The van der Waals surface area contributed by atoms with Crippen LogP contribution in [0.15, 0.2) is 95.7 Å². The Balaban J connectivity index is 1.30. The van der Waals surface area contributed by atoms with Gasteiger partial charge in [0.2, 0.25) is 0 Å². The molecule has 4 heterocycles. The normalized spacial score (nSPS) is 13.6. The van der Waals surface area contributed by atoms with E-state index in [1.807, 2.05) is 0 Å². The van der Waals surface area contributed by atoms with E-state index in [0.717, 1.165) is 51.4 Å². The molecule has 496 valence electrons. The first-order valence-corrected chi connectivity index (χ1v) is 42.0. The third kappa shape index (κ3) is 16.2. The van der Waals surface area contributed by atoms with Gasteiger partial charge in [-0.2, -0.15) is 0 Å². The first kappa shape index (κ1) is 70.7. The molecule has 0 spiro atoms. The minimum absolute atomic E-state index is 0.445. The fourth-order valence-electron chi connectivity index (χ4n) is 16.3. The molecule has 0 saturated carbocycles. The second-order valence-electron chi connectivity index (χ2n) is 28.7. The Morgan fingerprint density at radius 3 is 0.652 bits per heavy atom.